The molecule has 1 aromatic carbocycles. The quantitative estimate of drug-likeness (QED) is 0.831. The van der Waals surface area contributed by atoms with Gasteiger partial charge < -0.3 is 10.6 Å². The fraction of sp³-hybridized carbons (Fsp3) is 0.571. The molecule has 1 heterocycles. The van der Waals surface area contributed by atoms with Crippen molar-refractivity contribution in [2.45, 2.75) is 45.2 Å². The van der Waals surface area contributed by atoms with E-state index in [-0.39, 0.29) is 11.6 Å². The van der Waals surface area contributed by atoms with Gasteiger partial charge >= 0.3 is 0 Å². The number of anilines is 1. The van der Waals surface area contributed by atoms with Gasteiger partial charge in [-0.05, 0) is 51.3 Å². The molecule has 1 fully saturated rings. The molecule has 1 unspecified atom stereocenters. The molecule has 0 saturated carbocycles. The summed E-state index contributed by atoms with van der Waals surface area (Å²) in [5.41, 5.74) is 8.74. The number of benzene rings is 1. The van der Waals surface area contributed by atoms with Gasteiger partial charge in [0, 0.05) is 28.8 Å². The SMILES string of the molecule is Cc1ccc(Cl)cc1N1CC(N)CCC1(C)C. The van der Waals surface area contributed by atoms with Gasteiger partial charge in [0.2, 0.25) is 0 Å². The van der Waals surface area contributed by atoms with E-state index in [9.17, 15) is 0 Å². The van der Waals surface area contributed by atoms with E-state index in [1.165, 1.54) is 11.3 Å². The maximum atomic E-state index is 6.11. The van der Waals surface area contributed by atoms with Crippen LogP contribution in [0.1, 0.15) is 32.3 Å². The molecule has 1 aliphatic rings. The van der Waals surface area contributed by atoms with E-state index >= 15 is 0 Å². The normalized spacial score (nSPS) is 23.8. The zero-order chi connectivity index (χ0) is 12.6. The van der Waals surface area contributed by atoms with Gasteiger partial charge in [0.25, 0.3) is 0 Å². The van der Waals surface area contributed by atoms with Gasteiger partial charge in [0.1, 0.15) is 0 Å². The number of piperidine rings is 1. The number of hydrogen-bond donors (Lipinski definition) is 1. The van der Waals surface area contributed by atoms with Crippen molar-refractivity contribution in [1.82, 2.24) is 0 Å². The minimum absolute atomic E-state index is 0.158. The lowest BCUT2D eigenvalue weighted by Crippen LogP contribution is -2.54. The van der Waals surface area contributed by atoms with Crippen molar-refractivity contribution < 1.29 is 0 Å². The van der Waals surface area contributed by atoms with E-state index in [4.69, 9.17) is 17.3 Å². The van der Waals surface area contributed by atoms with Gasteiger partial charge in [-0.2, -0.15) is 0 Å². The number of nitrogens with two attached hydrogens (primary N) is 1. The van der Waals surface area contributed by atoms with Crippen LogP contribution in [0.25, 0.3) is 0 Å². The van der Waals surface area contributed by atoms with E-state index in [0.29, 0.717) is 0 Å². The van der Waals surface area contributed by atoms with Crippen molar-refractivity contribution in [2.75, 3.05) is 11.4 Å². The van der Waals surface area contributed by atoms with Gasteiger partial charge in [-0.3, -0.25) is 0 Å². The summed E-state index contributed by atoms with van der Waals surface area (Å²) >= 11 is 6.11. The summed E-state index contributed by atoms with van der Waals surface area (Å²) in [4.78, 5) is 2.41. The van der Waals surface area contributed by atoms with E-state index in [0.717, 1.165) is 24.4 Å². The van der Waals surface area contributed by atoms with Crippen LogP contribution in [0.2, 0.25) is 5.02 Å². The predicted octanol–water partition coefficient (Wildman–Crippen LogP) is 3.35. The van der Waals surface area contributed by atoms with E-state index in [1.54, 1.807) is 0 Å². The Hall–Kier alpha value is -0.730. The van der Waals surface area contributed by atoms with Crippen LogP contribution in [0.3, 0.4) is 0 Å². The molecule has 2 rings (SSSR count). The topological polar surface area (TPSA) is 29.3 Å². The lowest BCUT2D eigenvalue weighted by molar-refractivity contribution is 0.334. The highest BCUT2D eigenvalue weighted by Crippen LogP contribution is 2.35. The Morgan fingerprint density at radius 3 is 2.82 bits per heavy atom. The summed E-state index contributed by atoms with van der Waals surface area (Å²) < 4.78 is 0. The van der Waals surface area contributed by atoms with Crippen LogP contribution in [-0.4, -0.2) is 18.1 Å². The Kier molecular flexibility index (Phi) is 3.37. The van der Waals surface area contributed by atoms with Crippen LogP contribution < -0.4 is 10.6 Å². The first-order valence-electron chi connectivity index (χ1n) is 6.19. The second-order valence-electron chi connectivity index (χ2n) is 5.65. The summed E-state index contributed by atoms with van der Waals surface area (Å²) in [7, 11) is 0. The van der Waals surface area contributed by atoms with Gasteiger partial charge in [0.05, 0.1) is 0 Å². The average Bonchev–Trinajstić information content (AvgIpc) is 2.26. The van der Waals surface area contributed by atoms with Crippen molar-refractivity contribution in [1.29, 1.82) is 0 Å². The van der Waals surface area contributed by atoms with E-state index in [2.05, 4.69) is 37.8 Å². The monoisotopic (exact) mass is 252 g/mol. The molecule has 2 nitrogen and oxygen atoms in total. The number of halogens is 1. The third-order valence-electron chi connectivity index (χ3n) is 3.74. The fourth-order valence-corrected chi connectivity index (χ4v) is 2.71. The van der Waals surface area contributed by atoms with Crippen molar-refractivity contribution in [3.05, 3.63) is 28.8 Å². The zero-order valence-electron chi connectivity index (χ0n) is 10.8. The highest BCUT2D eigenvalue weighted by molar-refractivity contribution is 6.30. The van der Waals surface area contributed by atoms with Gasteiger partial charge in [-0.25, -0.2) is 0 Å². The molecule has 1 saturated heterocycles. The summed E-state index contributed by atoms with van der Waals surface area (Å²) in [6, 6.07) is 6.34. The van der Waals surface area contributed by atoms with Crippen LogP contribution >= 0.6 is 11.6 Å². The molecular weight excluding hydrogens is 232 g/mol. The maximum absolute atomic E-state index is 6.11. The lowest BCUT2D eigenvalue weighted by Gasteiger charge is -2.47. The molecule has 1 aromatic rings. The molecule has 1 aliphatic heterocycles. The van der Waals surface area contributed by atoms with Crippen molar-refractivity contribution in [3.63, 3.8) is 0 Å². The number of hydrogen-bond acceptors (Lipinski definition) is 2. The summed E-state index contributed by atoms with van der Waals surface area (Å²) in [5, 5.41) is 0.792. The highest BCUT2D eigenvalue weighted by atomic mass is 35.5. The molecule has 3 heteroatoms. The Morgan fingerprint density at radius 2 is 2.12 bits per heavy atom. The fourth-order valence-electron chi connectivity index (χ4n) is 2.54. The average molecular weight is 253 g/mol. The molecule has 0 spiro atoms. The third kappa shape index (κ3) is 2.58. The molecule has 17 heavy (non-hydrogen) atoms. The van der Waals surface area contributed by atoms with Crippen LogP contribution in [0, 0.1) is 6.92 Å². The summed E-state index contributed by atoms with van der Waals surface area (Å²) in [5.74, 6) is 0. The van der Waals surface area contributed by atoms with Gasteiger partial charge in [-0.1, -0.05) is 17.7 Å². The van der Waals surface area contributed by atoms with Gasteiger partial charge in [0.15, 0.2) is 0 Å². The minimum Gasteiger partial charge on any atom is -0.365 e. The van der Waals surface area contributed by atoms with Gasteiger partial charge in [-0.15, -0.1) is 0 Å². The second-order valence-corrected chi connectivity index (χ2v) is 6.09. The van der Waals surface area contributed by atoms with Crippen LogP contribution in [-0.2, 0) is 0 Å². The molecule has 0 radical (unpaired) electrons. The van der Waals surface area contributed by atoms with E-state index in [1.807, 2.05) is 6.07 Å². The molecular formula is C14H21ClN2. The van der Waals surface area contributed by atoms with Crippen molar-refractivity contribution >= 4 is 17.3 Å². The molecule has 2 N–H and O–H groups in total. The number of rotatable bonds is 1. The summed E-state index contributed by atoms with van der Waals surface area (Å²) in [6.07, 6.45) is 2.23. The highest BCUT2D eigenvalue weighted by Gasteiger charge is 2.33. The predicted molar refractivity (Wildman–Crippen MR) is 74.8 cm³/mol. The number of aryl methyl sites for hydroxylation is 1. The standard InChI is InChI=1S/C14H21ClN2/c1-10-4-5-11(15)8-13(10)17-9-12(16)6-7-14(17,2)3/h4-5,8,12H,6-7,9,16H2,1-3H3. The zero-order valence-corrected chi connectivity index (χ0v) is 11.6. The summed E-state index contributed by atoms with van der Waals surface area (Å²) in [6.45, 7) is 7.59. The third-order valence-corrected chi connectivity index (χ3v) is 3.97. The van der Waals surface area contributed by atoms with E-state index < -0.39 is 0 Å². The first-order valence-corrected chi connectivity index (χ1v) is 6.57. The molecule has 0 amide bonds. The Bertz CT molecular complexity index is 415. The minimum atomic E-state index is 0.158. The Labute approximate surface area is 109 Å². The van der Waals surface area contributed by atoms with Crippen LogP contribution in [0.5, 0.6) is 0 Å². The molecule has 0 aliphatic carbocycles. The lowest BCUT2D eigenvalue weighted by atomic mass is 9.87. The smallest absolute Gasteiger partial charge is 0.0426 e. The first kappa shape index (κ1) is 12.7. The van der Waals surface area contributed by atoms with Crippen molar-refractivity contribution in [2.24, 2.45) is 5.73 Å². The second kappa shape index (κ2) is 4.51. The first-order chi connectivity index (χ1) is 7.90. The molecule has 0 aromatic heterocycles. The Balaban J connectivity index is 2.39. The van der Waals surface area contributed by atoms with Crippen molar-refractivity contribution in [3.8, 4) is 0 Å². The Morgan fingerprint density at radius 1 is 1.41 bits per heavy atom. The largest absolute Gasteiger partial charge is 0.365 e. The molecule has 1 atom stereocenters. The molecule has 0 bridgehead atoms. The van der Waals surface area contributed by atoms with Crippen LogP contribution in [0.4, 0.5) is 5.69 Å². The number of nitrogens with zero attached hydrogens (tertiary/aromatic N) is 1. The molecule has 94 valence electrons. The maximum Gasteiger partial charge on any atom is 0.0426 e. The van der Waals surface area contributed by atoms with Crippen LogP contribution in [0.15, 0.2) is 18.2 Å².